The lowest BCUT2D eigenvalue weighted by Crippen LogP contribution is -2.26. The van der Waals surface area contributed by atoms with Crippen LogP contribution in [0.25, 0.3) is 0 Å². The third-order valence-corrected chi connectivity index (χ3v) is 2.73. The summed E-state index contributed by atoms with van der Waals surface area (Å²) in [5.41, 5.74) is -1.99. The van der Waals surface area contributed by atoms with Crippen LogP contribution in [0, 0.1) is 0 Å². The Labute approximate surface area is 143 Å². The molecule has 2 aromatic heterocycles. The standard InChI is InChI=1S/C7H6Cl2N2O2.C5H4N2O4/c1-2-13-6(12)4-3-10-7(9)11-5(4)8;8-3-2(4(9)10)1-6-5(11)7-3/h3H,2H2,1H3;1H,(H,9,10)(H2,6,7,8,11). The Morgan fingerprint density at radius 2 is 1.96 bits per heavy atom. The number of hydrogen-bond acceptors (Lipinski definition) is 7. The Morgan fingerprint density at radius 1 is 1.29 bits per heavy atom. The molecule has 0 saturated heterocycles. The number of carbonyl (C=O) groups excluding carboxylic acids is 1. The summed E-state index contributed by atoms with van der Waals surface area (Å²) in [6, 6.07) is 0. The van der Waals surface area contributed by atoms with E-state index in [9.17, 15) is 19.2 Å². The summed E-state index contributed by atoms with van der Waals surface area (Å²) in [4.78, 5) is 53.3. The fraction of sp³-hybridized carbons (Fsp3) is 0.167. The van der Waals surface area contributed by atoms with Gasteiger partial charge in [-0.15, -0.1) is 0 Å². The molecule has 0 aliphatic rings. The number of halogens is 2. The Hall–Kier alpha value is -2.72. The summed E-state index contributed by atoms with van der Waals surface area (Å²) in [7, 11) is 0. The van der Waals surface area contributed by atoms with Crippen LogP contribution in [0.1, 0.15) is 27.6 Å². The number of aromatic nitrogens is 4. The van der Waals surface area contributed by atoms with Crippen molar-refractivity contribution in [1.29, 1.82) is 0 Å². The lowest BCUT2D eigenvalue weighted by Gasteiger charge is -2.01. The average Bonchev–Trinajstić information content (AvgIpc) is 2.47. The van der Waals surface area contributed by atoms with Gasteiger partial charge in [0.25, 0.3) is 5.56 Å². The highest BCUT2D eigenvalue weighted by molar-refractivity contribution is 6.33. The predicted octanol–water partition coefficient (Wildman–Crippen LogP) is 0.721. The molecule has 0 aromatic carbocycles. The zero-order valence-electron chi connectivity index (χ0n) is 12.0. The summed E-state index contributed by atoms with van der Waals surface area (Å²) in [5.74, 6) is -1.92. The molecule has 0 aliphatic heterocycles. The molecule has 2 heterocycles. The number of carboxylic acid groups (broad SMARTS) is 1. The van der Waals surface area contributed by atoms with Crippen molar-refractivity contribution < 1.29 is 19.4 Å². The van der Waals surface area contributed by atoms with Crippen LogP contribution in [0.4, 0.5) is 0 Å². The topological polar surface area (TPSA) is 155 Å². The van der Waals surface area contributed by atoms with Crippen molar-refractivity contribution in [2.24, 2.45) is 0 Å². The fourth-order valence-corrected chi connectivity index (χ4v) is 1.64. The number of esters is 1. The number of carbonyl (C=O) groups is 2. The first-order chi connectivity index (χ1) is 11.3. The molecule has 128 valence electrons. The number of H-pyrrole nitrogens is 2. The van der Waals surface area contributed by atoms with Gasteiger partial charge in [-0.25, -0.2) is 24.4 Å². The molecule has 10 nitrogen and oxygen atoms in total. The molecular weight excluding hydrogens is 367 g/mol. The van der Waals surface area contributed by atoms with E-state index in [1.165, 1.54) is 6.20 Å². The quantitative estimate of drug-likeness (QED) is 0.401. The molecule has 24 heavy (non-hydrogen) atoms. The Kier molecular flexibility index (Phi) is 7.08. The monoisotopic (exact) mass is 376 g/mol. The summed E-state index contributed by atoms with van der Waals surface area (Å²) in [6.07, 6.45) is 2.08. The van der Waals surface area contributed by atoms with Crippen molar-refractivity contribution >= 4 is 35.1 Å². The molecule has 0 spiro atoms. The van der Waals surface area contributed by atoms with Gasteiger partial charge in [0.1, 0.15) is 16.3 Å². The van der Waals surface area contributed by atoms with Gasteiger partial charge in [-0.2, -0.15) is 0 Å². The van der Waals surface area contributed by atoms with E-state index in [1.54, 1.807) is 11.9 Å². The number of hydrogen-bond donors (Lipinski definition) is 3. The van der Waals surface area contributed by atoms with Crippen LogP contribution < -0.4 is 11.2 Å². The summed E-state index contributed by atoms with van der Waals surface area (Å²) >= 11 is 11.1. The van der Waals surface area contributed by atoms with Gasteiger partial charge >= 0.3 is 17.6 Å². The van der Waals surface area contributed by atoms with Crippen LogP contribution in [0.3, 0.4) is 0 Å². The van der Waals surface area contributed by atoms with Crippen LogP contribution >= 0.6 is 23.2 Å². The summed E-state index contributed by atoms with van der Waals surface area (Å²) in [6.45, 7) is 1.97. The number of nitrogens with one attached hydrogen (secondary N) is 2. The predicted molar refractivity (Wildman–Crippen MR) is 82.7 cm³/mol. The van der Waals surface area contributed by atoms with Crippen LogP contribution in [-0.2, 0) is 4.74 Å². The highest BCUT2D eigenvalue weighted by Gasteiger charge is 2.13. The van der Waals surface area contributed by atoms with Crippen LogP contribution in [0.15, 0.2) is 22.0 Å². The molecule has 12 heteroatoms. The molecule has 2 rings (SSSR count). The van der Waals surface area contributed by atoms with Crippen molar-refractivity contribution in [2.75, 3.05) is 6.61 Å². The molecule has 0 saturated carbocycles. The van der Waals surface area contributed by atoms with E-state index in [2.05, 4.69) is 9.97 Å². The average molecular weight is 377 g/mol. The van der Waals surface area contributed by atoms with Gasteiger partial charge in [0.2, 0.25) is 5.28 Å². The van der Waals surface area contributed by atoms with E-state index >= 15 is 0 Å². The first-order valence-corrected chi connectivity index (χ1v) is 6.92. The SMILES string of the molecule is CCOC(=O)c1cnc(Cl)nc1Cl.O=C(O)c1c[nH]c(=O)[nH]c1=O. The molecule has 0 bridgehead atoms. The summed E-state index contributed by atoms with van der Waals surface area (Å²) in [5, 5.41) is 8.31. The normalized spacial score (nSPS) is 9.62. The van der Waals surface area contributed by atoms with Gasteiger partial charge < -0.3 is 14.8 Å². The molecule has 3 N–H and O–H groups in total. The van der Waals surface area contributed by atoms with E-state index in [0.717, 1.165) is 6.20 Å². The minimum atomic E-state index is -1.37. The smallest absolute Gasteiger partial charge is 0.342 e. The number of rotatable bonds is 3. The summed E-state index contributed by atoms with van der Waals surface area (Å²) < 4.78 is 4.70. The second-order valence-corrected chi connectivity index (χ2v) is 4.55. The second kappa shape index (κ2) is 8.79. The van der Waals surface area contributed by atoms with Gasteiger partial charge in [-0.3, -0.25) is 9.78 Å². The molecule has 0 atom stereocenters. The largest absolute Gasteiger partial charge is 0.477 e. The molecule has 2 aromatic rings. The van der Waals surface area contributed by atoms with E-state index in [1.807, 2.05) is 4.98 Å². The minimum Gasteiger partial charge on any atom is -0.477 e. The molecular formula is C12H10Cl2N4O6. The zero-order valence-corrected chi connectivity index (χ0v) is 13.5. The van der Waals surface area contributed by atoms with Gasteiger partial charge in [-0.05, 0) is 18.5 Å². The second-order valence-electron chi connectivity index (χ2n) is 3.85. The van der Waals surface area contributed by atoms with Crippen molar-refractivity contribution in [3.63, 3.8) is 0 Å². The maximum absolute atomic E-state index is 11.1. The highest BCUT2D eigenvalue weighted by atomic mass is 35.5. The van der Waals surface area contributed by atoms with Gasteiger partial charge in [0.15, 0.2) is 0 Å². The molecule has 0 amide bonds. The van der Waals surface area contributed by atoms with E-state index < -0.39 is 28.8 Å². The molecule has 0 aliphatic carbocycles. The molecule has 0 unspecified atom stereocenters. The number of aromatic carboxylic acids is 1. The zero-order chi connectivity index (χ0) is 18.3. The van der Waals surface area contributed by atoms with Crippen molar-refractivity contribution in [3.05, 3.63) is 54.8 Å². The van der Waals surface area contributed by atoms with E-state index in [0.29, 0.717) is 0 Å². The van der Waals surface area contributed by atoms with Crippen LogP contribution in [0.5, 0.6) is 0 Å². The lowest BCUT2D eigenvalue weighted by atomic mass is 10.3. The molecule has 0 radical (unpaired) electrons. The number of ether oxygens (including phenoxy) is 1. The van der Waals surface area contributed by atoms with Crippen LogP contribution in [0.2, 0.25) is 10.4 Å². The Balaban J connectivity index is 0.000000243. The maximum atomic E-state index is 11.1. The van der Waals surface area contributed by atoms with Crippen LogP contribution in [-0.4, -0.2) is 43.6 Å². The van der Waals surface area contributed by atoms with E-state index in [-0.39, 0.29) is 22.6 Å². The first kappa shape index (κ1) is 19.3. The third kappa shape index (κ3) is 5.48. The van der Waals surface area contributed by atoms with Gasteiger partial charge in [-0.1, -0.05) is 11.6 Å². The first-order valence-electron chi connectivity index (χ1n) is 6.16. The number of aromatic amines is 2. The van der Waals surface area contributed by atoms with E-state index in [4.69, 9.17) is 33.0 Å². The Bertz CT molecular complexity index is 863. The minimum absolute atomic E-state index is 0.00144. The maximum Gasteiger partial charge on any atom is 0.342 e. The van der Waals surface area contributed by atoms with Gasteiger partial charge in [0, 0.05) is 12.4 Å². The van der Waals surface area contributed by atoms with Crippen molar-refractivity contribution in [2.45, 2.75) is 6.92 Å². The third-order valence-electron chi connectivity index (χ3n) is 2.26. The highest BCUT2D eigenvalue weighted by Crippen LogP contribution is 2.14. The number of carboxylic acids is 1. The van der Waals surface area contributed by atoms with Gasteiger partial charge in [0.05, 0.1) is 6.61 Å². The number of nitrogens with zero attached hydrogens (tertiary/aromatic N) is 2. The fourth-order valence-electron chi connectivity index (χ4n) is 1.26. The van der Waals surface area contributed by atoms with Crippen molar-refractivity contribution in [1.82, 2.24) is 19.9 Å². The Morgan fingerprint density at radius 3 is 2.46 bits per heavy atom. The lowest BCUT2D eigenvalue weighted by molar-refractivity contribution is 0.0525. The molecule has 0 fully saturated rings. The van der Waals surface area contributed by atoms with Crippen molar-refractivity contribution in [3.8, 4) is 0 Å².